The highest BCUT2D eigenvalue weighted by Crippen LogP contribution is 2.27. The lowest BCUT2D eigenvalue weighted by atomic mass is 9.84. The fourth-order valence-electron chi connectivity index (χ4n) is 2.79. The third kappa shape index (κ3) is 4.03. The number of piperidine rings is 1. The van der Waals surface area contributed by atoms with Gasteiger partial charge in [0.25, 0.3) is 5.91 Å². The smallest absolute Gasteiger partial charge is 0.303 e. The molecule has 1 amide bonds. The van der Waals surface area contributed by atoms with Gasteiger partial charge in [-0.2, -0.15) is 0 Å². The molecule has 2 rings (SSSR count). The number of hydrogen-bond acceptors (Lipinski definition) is 3. The molecule has 2 heterocycles. The number of carboxylic acids is 1. The van der Waals surface area contributed by atoms with Gasteiger partial charge in [-0.1, -0.05) is 6.92 Å². The van der Waals surface area contributed by atoms with E-state index >= 15 is 0 Å². The highest BCUT2D eigenvalue weighted by atomic mass is 79.9. The zero-order valence-electron chi connectivity index (χ0n) is 12.0. The zero-order chi connectivity index (χ0) is 15.4. The van der Waals surface area contributed by atoms with Crippen molar-refractivity contribution in [2.45, 2.75) is 26.2 Å². The van der Waals surface area contributed by atoms with E-state index in [-0.39, 0.29) is 24.2 Å². The first kappa shape index (κ1) is 15.9. The molecule has 0 saturated carbocycles. The Morgan fingerprint density at radius 1 is 1.57 bits per heavy atom. The standard InChI is InChI=1S/C15H19BrN2O3/c1-10(8-13(19)20)11-4-3-7-18(9-11)15(21)14-12(16)5-2-6-17-14/h2,5-6,10-11H,3-4,7-9H2,1H3,(H,19,20). The molecule has 1 N–H and O–H groups in total. The number of nitrogens with zero attached hydrogens (tertiary/aromatic N) is 2. The second-order valence-corrected chi connectivity index (χ2v) is 6.42. The average molecular weight is 355 g/mol. The van der Waals surface area contributed by atoms with Gasteiger partial charge in [-0.15, -0.1) is 0 Å². The number of hydrogen-bond donors (Lipinski definition) is 1. The first-order chi connectivity index (χ1) is 9.99. The highest BCUT2D eigenvalue weighted by molar-refractivity contribution is 9.10. The van der Waals surface area contributed by atoms with Crippen molar-refractivity contribution in [2.24, 2.45) is 11.8 Å². The number of amides is 1. The number of halogens is 1. The number of aromatic nitrogens is 1. The third-order valence-corrected chi connectivity index (χ3v) is 4.65. The molecule has 6 heteroatoms. The van der Waals surface area contributed by atoms with Crippen molar-refractivity contribution in [1.82, 2.24) is 9.88 Å². The van der Waals surface area contributed by atoms with E-state index in [9.17, 15) is 9.59 Å². The lowest BCUT2D eigenvalue weighted by Crippen LogP contribution is -2.42. The summed E-state index contributed by atoms with van der Waals surface area (Å²) in [6.45, 7) is 3.26. The molecule has 1 fully saturated rings. The fraction of sp³-hybridized carbons (Fsp3) is 0.533. The van der Waals surface area contributed by atoms with E-state index in [1.165, 1.54) is 0 Å². The molecule has 0 spiro atoms. The predicted octanol–water partition coefficient (Wildman–Crippen LogP) is 2.81. The molecular weight excluding hydrogens is 336 g/mol. The Kier molecular flexibility index (Phi) is 5.33. The summed E-state index contributed by atoms with van der Waals surface area (Å²) in [6, 6.07) is 3.57. The van der Waals surface area contributed by atoms with Gasteiger partial charge in [0, 0.05) is 30.2 Å². The van der Waals surface area contributed by atoms with Crippen LogP contribution in [0.15, 0.2) is 22.8 Å². The minimum absolute atomic E-state index is 0.0743. The number of likely N-dealkylation sites (tertiary alicyclic amines) is 1. The molecule has 1 aliphatic heterocycles. The van der Waals surface area contributed by atoms with E-state index in [0.717, 1.165) is 12.8 Å². The molecule has 2 unspecified atom stereocenters. The van der Waals surface area contributed by atoms with E-state index in [4.69, 9.17) is 5.11 Å². The van der Waals surface area contributed by atoms with Crippen LogP contribution in [0.25, 0.3) is 0 Å². The van der Waals surface area contributed by atoms with Gasteiger partial charge >= 0.3 is 5.97 Å². The Balaban J connectivity index is 2.05. The number of carboxylic acid groups (broad SMARTS) is 1. The molecule has 5 nitrogen and oxygen atoms in total. The minimum Gasteiger partial charge on any atom is -0.481 e. The molecule has 1 aromatic heterocycles. The van der Waals surface area contributed by atoms with Gasteiger partial charge in [-0.3, -0.25) is 9.59 Å². The summed E-state index contributed by atoms with van der Waals surface area (Å²) in [5.74, 6) is -0.556. The fourth-order valence-corrected chi connectivity index (χ4v) is 3.22. The monoisotopic (exact) mass is 354 g/mol. The number of carbonyl (C=O) groups excluding carboxylic acids is 1. The van der Waals surface area contributed by atoms with Crippen LogP contribution >= 0.6 is 15.9 Å². The summed E-state index contributed by atoms with van der Waals surface area (Å²) < 4.78 is 0.690. The maximum Gasteiger partial charge on any atom is 0.303 e. The number of carbonyl (C=O) groups is 2. The maximum absolute atomic E-state index is 12.5. The largest absolute Gasteiger partial charge is 0.481 e. The van der Waals surface area contributed by atoms with Gasteiger partial charge in [0.1, 0.15) is 5.69 Å². The summed E-state index contributed by atoms with van der Waals surface area (Å²) >= 11 is 3.35. The molecule has 21 heavy (non-hydrogen) atoms. The van der Waals surface area contributed by atoms with Crippen molar-refractivity contribution in [3.63, 3.8) is 0 Å². The van der Waals surface area contributed by atoms with Crippen LogP contribution in [0.3, 0.4) is 0 Å². The molecule has 114 valence electrons. The molecule has 0 aliphatic carbocycles. The van der Waals surface area contributed by atoms with Crippen LogP contribution in [0, 0.1) is 11.8 Å². The Labute approximate surface area is 132 Å². The number of aliphatic carboxylic acids is 1. The molecule has 1 aromatic rings. The third-order valence-electron chi connectivity index (χ3n) is 4.01. The van der Waals surface area contributed by atoms with E-state index in [0.29, 0.717) is 23.3 Å². The number of pyridine rings is 1. The van der Waals surface area contributed by atoms with Gasteiger partial charge in [0.2, 0.25) is 0 Å². The van der Waals surface area contributed by atoms with Crippen LogP contribution in [-0.2, 0) is 4.79 Å². The minimum atomic E-state index is -0.779. The van der Waals surface area contributed by atoms with Crippen LogP contribution in [0.4, 0.5) is 0 Å². The second-order valence-electron chi connectivity index (χ2n) is 5.56. The molecular formula is C15H19BrN2O3. The maximum atomic E-state index is 12.5. The van der Waals surface area contributed by atoms with Crippen molar-refractivity contribution in [3.8, 4) is 0 Å². The van der Waals surface area contributed by atoms with Crippen LogP contribution in [-0.4, -0.2) is 40.0 Å². The first-order valence-corrected chi connectivity index (χ1v) is 7.90. The Morgan fingerprint density at radius 2 is 2.33 bits per heavy atom. The summed E-state index contributed by atoms with van der Waals surface area (Å²) in [7, 11) is 0. The summed E-state index contributed by atoms with van der Waals surface area (Å²) in [5.41, 5.74) is 0.420. The normalized spacial score (nSPS) is 20.1. The highest BCUT2D eigenvalue weighted by Gasteiger charge is 2.29. The first-order valence-electron chi connectivity index (χ1n) is 7.10. The molecule has 0 bridgehead atoms. The van der Waals surface area contributed by atoms with Gasteiger partial charge in [-0.05, 0) is 52.7 Å². The Bertz CT molecular complexity index is 535. The molecule has 1 saturated heterocycles. The van der Waals surface area contributed by atoms with Crippen LogP contribution in [0.1, 0.15) is 36.7 Å². The van der Waals surface area contributed by atoms with E-state index in [2.05, 4.69) is 20.9 Å². The van der Waals surface area contributed by atoms with E-state index < -0.39 is 5.97 Å². The van der Waals surface area contributed by atoms with Gasteiger partial charge < -0.3 is 10.0 Å². The molecule has 2 atom stereocenters. The van der Waals surface area contributed by atoms with Crippen molar-refractivity contribution in [3.05, 3.63) is 28.5 Å². The Hall–Kier alpha value is -1.43. The van der Waals surface area contributed by atoms with Crippen LogP contribution < -0.4 is 0 Å². The summed E-state index contributed by atoms with van der Waals surface area (Å²) in [4.78, 5) is 29.3. The lowest BCUT2D eigenvalue weighted by molar-refractivity contribution is -0.138. The van der Waals surface area contributed by atoms with Gasteiger partial charge in [0.15, 0.2) is 0 Å². The quantitative estimate of drug-likeness (QED) is 0.902. The van der Waals surface area contributed by atoms with Crippen LogP contribution in [0.2, 0.25) is 0 Å². The lowest BCUT2D eigenvalue weighted by Gasteiger charge is -2.35. The van der Waals surface area contributed by atoms with Crippen molar-refractivity contribution in [2.75, 3.05) is 13.1 Å². The van der Waals surface area contributed by atoms with Crippen molar-refractivity contribution >= 4 is 27.8 Å². The molecule has 0 radical (unpaired) electrons. The van der Waals surface area contributed by atoms with Gasteiger partial charge in [-0.25, -0.2) is 4.98 Å². The van der Waals surface area contributed by atoms with E-state index in [1.54, 1.807) is 23.2 Å². The average Bonchev–Trinajstić information content (AvgIpc) is 2.46. The van der Waals surface area contributed by atoms with Crippen molar-refractivity contribution in [1.29, 1.82) is 0 Å². The topological polar surface area (TPSA) is 70.5 Å². The second kappa shape index (κ2) is 7.02. The van der Waals surface area contributed by atoms with Gasteiger partial charge in [0.05, 0.1) is 0 Å². The van der Waals surface area contributed by atoms with E-state index in [1.807, 2.05) is 6.92 Å². The van der Waals surface area contributed by atoms with Crippen molar-refractivity contribution < 1.29 is 14.7 Å². The summed E-state index contributed by atoms with van der Waals surface area (Å²) in [5, 5.41) is 8.91. The zero-order valence-corrected chi connectivity index (χ0v) is 13.5. The molecule has 1 aliphatic rings. The number of rotatable bonds is 4. The van der Waals surface area contributed by atoms with Crippen LogP contribution in [0.5, 0.6) is 0 Å². The SMILES string of the molecule is CC(CC(=O)O)C1CCCN(C(=O)c2ncccc2Br)C1. The Morgan fingerprint density at radius 3 is 3.00 bits per heavy atom. The summed E-state index contributed by atoms with van der Waals surface area (Å²) in [6.07, 6.45) is 3.64. The predicted molar refractivity (Wildman–Crippen MR) is 82.0 cm³/mol. The molecule has 0 aromatic carbocycles.